The summed E-state index contributed by atoms with van der Waals surface area (Å²) in [6, 6.07) is 16.9. The minimum atomic E-state index is -0.584. The number of methoxy groups -OCH3 is 2. The SMILES string of the molecule is COc1ccccc1NC(=O)/C(C#N)=C\c1ccc(OC(=O)c2cccs2)c(OC)c1. The molecule has 1 aromatic heterocycles. The average molecular weight is 434 g/mol. The van der Waals surface area contributed by atoms with Crippen molar-refractivity contribution in [1.29, 1.82) is 5.26 Å². The molecule has 0 aliphatic rings. The fourth-order valence-corrected chi connectivity index (χ4v) is 3.25. The standard InChI is InChI=1S/C23H18N2O5S/c1-28-18-7-4-3-6-17(18)25-22(26)16(14-24)12-15-9-10-19(20(13-15)29-2)30-23(27)21-8-5-11-31-21/h3-13H,1-2H3,(H,25,26)/b16-12-. The summed E-state index contributed by atoms with van der Waals surface area (Å²) in [5, 5.41) is 13.9. The van der Waals surface area contributed by atoms with Gasteiger partial charge in [-0.1, -0.05) is 24.3 Å². The maximum atomic E-state index is 12.6. The van der Waals surface area contributed by atoms with Crippen LogP contribution in [0, 0.1) is 11.3 Å². The molecule has 0 atom stereocenters. The number of nitriles is 1. The Balaban J connectivity index is 1.81. The van der Waals surface area contributed by atoms with Crippen molar-refractivity contribution in [3.63, 3.8) is 0 Å². The summed E-state index contributed by atoms with van der Waals surface area (Å²) < 4.78 is 15.9. The van der Waals surface area contributed by atoms with Gasteiger partial charge in [0.05, 0.1) is 19.9 Å². The van der Waals surface area contributed by atoms with E-state index < -0.39 is 11.9 Å². The smallest absolute Gasteiger partial charge is 0.353 e. The van der Waals surface area contributed by atoms with Crippen LogP contribution in [0.15, 0.2) is 65.6 Å². The number of amides is 1. The van der Waals surface area contributed by atoms with E-state index >= 15 is 0 Å². The van der Waals surface area contributed by atoms with Crippen LogP contribution in [-0.4, -0.2) is 26.1 Å². The van der Waals surface area contributed by atoms with Crippen molar-refractivity contribution in [2.45, 2.75) is 0 Å². The van der Waals surface area contributed by atoms with Crippen molar-refractivity contribution in [3.8, 4) is 23.3 Å². The number of carbonyl (C=O) groups excluding carboxylic acids is 2. The van der Waals surface area contributed by atoms with Crippen LogP contribution in [0.1, 0.15) is 15.2 Å². The molecule has 1 N–H and O–H groups in total. The second kappa shape index (κ2) is 10.1. The molecule has 0 saturated carbocycles. The molecule has 0 saturated heterocycles. The van der Waals surface area contributed by atoms with E-state index in [9.17, 15) is 14.9 Å². The maximum absolute atomic E-state index is 12.6. The average Bonchev–Trinajstić information content (AvgIpc) is 3.33. The molecule has 0 unspecified atom stereocenters. The Morgan fingerprint density at radius 3 is 2.45 bits per heavy atom. The largest absolute Gasteiger partial charge is 0.495 e. The van der Waals surface area contributed by atoms with E-state index in [0.717, 1.165) is 0 Å². The number of nitrogens with one attached hydrogen (secondary N) is 1. The Hall–Kier alpha value is -4.09. The molecule has 1 amide bonds. The second-order valence-electron chi connectivity index (χ2n) is 6.10. The first-order valence-corrected chi connectivity index (χ1v) is 9.93. The van der Waals surface area contributed by atoms with Gasteiger partial charge >= 0.3 is 5.97 Å². The highest BCUT2D eigenvalue weighted by atomic mass is 32.1. The molecule has 31 heavy (non-hydrogen) atoms. The number of nitrogens with zero attached hydrogens (tertiary/aromatic N) is 1. The van der Waals surface area contributed by atoms with Gasteiger partial charge < -0.3 is 19.5 Å². The Morgan fingerprint density at radius 1 is 1.00 bits per heavy atom. The van der Waals surface area contributed by atoms with Crippen molar-refractivity contribution in [2.24, 2.45) is 0 Å². The normalized spacial score (nSPS) is 10.7. The summed E-state index contributed by atoms with van der Waals surface area (Å²) in [6.45, 7) is 0. The lowest BCUT2D eigenvalue weighted by Crippen LogP contribution is -2.14. The van der Waals surface area contributed by atoms with E-state index in [2.05, 4.69) is 5.32 Å². The summed E-state index contributed by atoms with van der Waals surface area (Å²) in [5.41, 5.74) is 0.861. The van der Waals surface area contributed by atoms with Gasteiger partial charge in [0.2, 0.25) is 0 Å². The summed E-state index contributed by atoms with van der Waals surface area (Å²) in [4.78, 5) is 25.2. The fraction of sp³-hybridized carbons (Fsp3) is 0.0870. The van der Waals surface area contributed by atoms with E-state index in [0.29, 0.717) is 27.6 Å². The van der Waals surface area contributed by atoms with Crippen LogP contribution in [0.5, 0.6) is 17.2 Å². The molecule has 1 heterocycles. The number of hydrogen-bond acceptors (Lipinski definition) is 7. The van der Waals surface area contributed by atoms with Gasteiger partial charge in [-0.05, 0) is 47.4 Å². The number of para-hydroxylation sites is 2. The highest BCUT2D eigenvalue weighted by molar-refractivity contribution is 7.12. The minimum Gasteiger partial charge on any atom is -0.495 e. The van der Waals surface area contributed by atoms with E-state index in [1.807, 2.05) is 6.07 Å². The van der Waals surface area contributed by atoms with Crippen LogP contribution in [-0.2, 0) is 4.79 Å². The zero-order valence-corrected chi connectivity index (χ0v) is 17.6. The summed E-state index contributed by atoms with van der Waals surface area (Å²) in [7, 11) is 2.93. The molecule has 0 aliphatic carbocycles. The Bertz CT molecular complexity index is 1160. The molecule has 8 heteroatoms. The van der Waals surface area contributed by atoms with E-state index in [-0.39, 0.29) is 11.3 Å². The van der Waals surface area contributed by atoms with Gasteiger partial charge in [-0.2, -0.15) is 5.26 Å². The summed E-state index contributed by atoms with van der Waals surface area (Å²) in [6.07, 6.45) is 1.41. The predicted octanol–water partition coefficient (Wildman–Crippen LogP) is 4.53. The molecule has 0 radical (unpaired) electrons. The van der Waals surface area contributed by atoms with Crippen LogP contribution in [0.3, 0.4) is 0 Å². The van der Waals surface area contributed by atoms with Gasteiger partial charge in [0.15, 0.2) is 11.5 Å². The van der Waals surface area contributed by atoms with Crippen LogP contribution < -0.4 is 19.5 Å². The first kappa shape index (κ1) is 21.6. The van der Waals surface area contributed by atoms with Crippen molar-refractivity contribution in [2.75, 3.05) is 19.5 Å². The van der Waals surface area contributed by atoms with Crippen molar-refractivity contribution < 1.29 is 23.8 Å². The van der Waals surface area contributed by atoms with Gasteiger partial charge in [-0.15, -0.1) is 11.3 Å². The minimum absolute atomic E-state index is 0.115. The molecule has 2 aromatic carbocycles. The molecule has 7 nitrogen and oxygen atoms in total. The first-order chi connectivity index (χ1) is 15.0. The summed E-state index contributed by atoms with van der Waals surface area (Å²) in [5.74, 6) is -0.0764. The number of anilines is 1. The number of benzene rings is 2. The number of esters is 1. The molecule has 3 aromatic rings. The number of hydrogen-bond donors (Lipinski definition) is 1. The van der Waals surface area contributed by atoms with E-state index in [1.54, 1.807) is 60.0 Å². The zero-order valence-electron chi connectivity index (χ0n) is 16.7. The third kappa shape index (κ3) is 5.29. The molecular formula is C23H18N2O5S. The third-order valence-electron chi connectivity index (χ3n) is 4.14. The summed E-state index contributed by atoms with van der Waals surface area (Å²) >= 11 is 1.27. The lowest BCUT2D eigenvalue weighted by Gasteiger charge is -2.10. The fourth-order valence-electron chi connectivity index (χ4n) is 2.66. The topological polar surface area (TPSA) is 97.6 Å². The monoisotopic (exact) mass is 434 g/mol. The second-order valence-corrected chi connectivity index (χ2v) is 7.05. The van der Waals surface area contributed by atoms with E-state index in [1.165, 1.54) is 31.6 Å². The number of thiophene rings is 1. The highest BCUT2D eigenvalue weighted by Crippen LogP contribution is 2.30. The van der Waals surface area contributed by atoms with Gasteiger partial charge in [0, 0.05) is 0 Å². The molecule has 3 rings (SSSR count). The predicted molar refractivity (Wildman–Crippen MR) is 117 cm³/mol. The van der Waals surface area contributed by atoms with Gasteiger partial charge in [0.1, 0.15) is 22.3 Å². The molecule has 0 bridgehead atoms. The van der Waals surface area contributed by atoms with Crippen LogP contribution in [0.2, 0.25) is 0 Å². The highest BCUT2D eigenvalue weighted by Gasteiger charge is 2.15. The lowest BCUT2D eigenvalue weighted by atomic mass is 10.1. The Morgan fingerprint density at radius 2 is 1.77 bits per heavy atom. The number of rotatable bonds is 7. The molecule has 0 spiro atoms. The van der Waals surface area contributed by atoms with Gasteiger partial charge in [-0.3, -0.25) is 4.79 Å². The number of ether oxygens (including phenoxy) is 3. The molecule has 0 aliphatic heterocycles. The molecular weight excluding hydrogens is 416 g/mol. The van der Waals surface area contributed by atoms with Crippen molar-refractivity contribution in [1.82, 2.24) is 0 Å². The number of carbonyl (C=O) groups is 2. The van der Waals surface area contributed by atoms with Crippen molar-refractivity contribution >= 4 is 35.0 Å². The van der Waals surface area contributed by atoms with Crippen LogP contribution in [0.25, 0.3) is 6.08 Å². The van der Waals surface area contributed by atoms with Crippen LogP contribution >= 0.6 is 11.3 Å². The molecule has 156 valence electrons. The Kier molecular flexibility index (Phi) is 7.04. The maximum Gasteiger partial charge on any atom is 0.353 e. The van der Waals surface area contributed by atoms with Crippen molar-refractivity contribution in [3.05, 3.63) is 76.0 Å². The van der Waals surface area contributed by atoms with Crippen LogP contribution in [0.4, 0.5) is 5.69 Å². The quantitative estimate of drug-likeness (QED) is 0.254. The lowest BCUT2D eigenvalue weighted by molar-refractivity contribution is -0.112. The zero-order chi connectivity index (χ0) is 22.2. The molecule has 0 fully saturated rings. The van der Waals surface area contributed by atoms with E-state index in [4.69, 9.17) is 14.2 Å². The van der Waals surface area contributed by atoms with Gasteiger partial charge in [-0.25, -0.2) is 4.79 Å². The third-order valence-corrected chi connectivity index (χ3v) is 4.99. The first-order valence-electron chi connectivity index (χ1n) is 9.05. The van der Waals surface area contributed by atoms with Gasteiger partial charge in [0.25, 0.3) is 5.91 Å². The Labute approximate surface area is 183 Å².